The molecule has 4 heteroatoms. The van der Waals surface area contributed by atoms with Crippen molar-refractivity contribution in [2.45, 2.75) is 26.8 Å². The lowest BCUT2D eigenvalue weighted by molar-refractivity contribution is 0.965. The quantitative estimate of drug-likeness (QED) is 0.883. The molecule has 0 atom stereocenters. The van der Waals surface area contributed by atoms with Gasteiger partial charge in [-0.25, -0.2) is 4.98 Å². The van der Waals surface area contributed by atoms with Crippen molar-refractivity contribution in [1.82, 2.24) is 4.98 Å². The third kappa shape index (κ3) is 3.80. The monoisotopic (exact) mass is 280 g/mol. The first-order valence-corrected chi connectivity index (χ1v) is 7.04. The molecule has 108 valence electrons. The average molecular weight is 280 g/mol. The van der Waals surface area contributed by atoms with Crippen molar-refractivity contribution < 1.29 is 0 Å². The van der Waals surface area contributed by atoms with Crippen LogP contribution in [-0.2, 0) is 13.0 Å². The Bertz CT molecular complexity index is 654. The number of nitrogens with one attached hydrogen (secondary N) is 1. The van der Waals surface area contributed by atoms with Crippen LogP contribution in [0.4, 0.5) is 5.82 Å². The Hall–Kier alpha value is -2.38. The molecule has 2 aromatic rings. The summed E-state index contributed by atoms with van der Waals surface area (Å²) in [4.78, 5) is 4.42. The molecular formula is C17H20N4. The minimum absolute atomic E-state index is 0.611. The smallest absolute Gasteiger partial charge is 0.144 e. The highest BCUT2D eigenvalue weighted by atomic mass is 15.0. The number of pyridine rings is 1. The number of nitrogens with zero attached hydrogens (tertiary/aromatic N) is 2. The number of nitriles is 1. The lowest BCUT2D eigenvalue weighted by atomic mass is 10.1. The first-order chi connectivity index (χ1) is 10.1. The average Bonchev–Trinajstić information content (AvgIpc) is 2.46. The summed E-state index contributed by atoms with van der Waals surface area (Å²) in [5.74, 6) is 0.654. The number of hydrogen-bond donors (Lipinski definition) is 2. The maximum absolute atomic E-state index is 9.24. The number of anilines is 1. The zero-order valence-corrected chi connectivity index (χ0v) is 12.5. The second-order valence-corrected chi connectivity index (χ2v) is 5.12. The molecular weight excluding hydrogens is 260 g/mol. The molecule has 0 aliphatic rings. The highest BCUT2D eigenvalue weighted by Gasteiger charge is 2.08. The number of aryl methyl sites for hydroxylation is 2. The summed E-state index contributed by atoms with van der Waals surface area (Å²) < 4.78 is 0. The molecule has 0 spiro atoms. The zero-order valence-electron chi connectivity index (χ0n) is 12.5. The lowest BCUT2D eigenvalue weighted by Crippen LogP contribution is -2.06. The largest absolute Gasteiger partial charge is 0.365 e. The van der Waals surface area contributed by atoms with Gasteiger partial charge in [-0.05, 0) is 49.6 Å². The molecule has 1 aromatic heterocycles. The molecule has 21 heavy (non-hydrogen) atoms. The number of nitrogens with two attached hydrogens (primary N) is 1. The zero-order chi connectivity index (χ0) is 15.2. The summed E-state index contributed by atoms with van der Waals surface area (Å²) >= 11 is 0. The number of aromatic nitrogens is 1. The Morgan fingerprint density at radius 1 is 1.19 bits per heavy atom. The van der Waals surface area contributed by atoms with Gasteiger partial charge < -0.3 is 11.1 Å². The van der Waals surface area contributed by atoms with Gasteiger partial charge in [0.1, 0.15) is 11.9 Å². The highest BCUT2D eigenvalue weighted by molar-refractivity contribution is 5.56. The number of hydrogen-bond acceptors (Lipinski definition) is 4. The second-order valence-electron chi connectivity index (χ2n) is 5.12. The predicted octanol–water partition coefficient (Wildman–Crippen LogP) is 2.68. The minimum atomic E-state index is 0.611. The van der Waals surface area contributed by atoms with Crippen LogP contribution in [0.5, 0.6) is 0 Å². The molecule has 0 aliphatic carbocycles. The molecule has 0 amide bonds. The first kappa shape index (κ1) is 15.0. The van der Waals surface area contributed by atoms with E-state index in [1.54, 1.807) is 0 Å². The van der Waals surface area contributed by atoms with Gasteiger partial charge in [0.25, 0.3) is 0 Å². The Labute approximate surface area is 125 Å². The summed E-state index contributed by atoms with van der Waals surface area (Å²) in [5.41, 5.74) is 10.4. The van der Waals surface area contributed by atoms with Crippen LogP contribution in [0.2, 0.25) is 0 Å². The Balaban J connectivity index is 2.11. The van der Waals surface area contributed by atoms with Crippen molar-refractivity contribution in [3.63, 3.8) is 0 Å². The maximum atomic E-state index is 9.24. The summed E-state index contributed by atoms with van der Waals surface area (Å²) in [6.45, 7) is 5.17. The summed E-state index contributed by atoms with van der Waals surface area (Å²) in [5, 5.41) is 12.5. The van der Waals surface area contributed by atoms with Crippen LogP contribution >= 0.6 is 0 Å². The van der Waals surface area contributed by atoms with Gasteiger partial charge in [0, 0.05) is 12.2 Å². The van der Waals surface area contributed by atoms with Gasteiger partial charge in [-0.3, -0.25) is 0 Å². The van der Waals surface area contributed by atoms with E-state index >= 15 is 0 Å². The van der Waals surface area contributed by atoms with Crippen molar-refractivity contribution >= 4 is 5.82 Å². The fourth-order valence-corrected chi connectivity index (χ4v) is 2.28. The summed E-state index contributed by atoms with van der Waals surface area (Å²) in [6.07, 6.45) is 0.894. The molecule has 0 saturated carbocycles. The van der Waals surface area contributed by atoms with Gasteiger partial charge in [0.05, 0.1) is 5.56 Å². The lowest BCUT2D eigenvalue weighted by Gasteiger charge is -2.10. The maximum Gasteiger partial charge on any atom is 0.144 e. The topological polar surface area (TPSA) is 74.7 Å². The van der Waals surface area contributed by atoms with Crippen LogP contribution in [0.3, 0.4) is 0 Å². The van der Waals surface area contributed by atoms with Gasteiger partial charge in [-0.2, -0.15) is 5.26 Å². The van der Waals surface area contributed by atoms with E-state index in [4.69, 9.17) is 5.73 Å². The first-order valence-electron chi connectivity index (χ1n) is 7.04. The minimum Gasteiger partial charge on any atom is -0.365 e. The van der Waals surface area contributed by atoms with Gasteiger partial charge in [-0.15, -0.1) is 0 Å². The van der Waals surface area contributed by atoms with Crippen molar-refractivity contribution in [2.24, 2.45) is 5.73 Å². The molecule has 1 heterocycles. The number of rotatable bonds is 5. The Kier molecular flexibility index (Phi) is 4.91. The molecule has 2 rings (SSSR count). The van der Waals surface area contributed by atoms with Crippen LogP contribution in [0.25, 0.3) is 0 Å². The van der Waals surface area contributed by atoms with Crippen LogP contribution in [0.15, 0.2) is 30.3 Å². The third-order valence-corrected chi connectivity index (χ3v) is 3.37. The molecule has 0 bridgehead atoms. The van der Waals surface area contributed by atoms with Crippen molar-refractivity contribution in [3.8, 4) is 6.07 Å². The van der Waals surface area contributed by atoms with Gasteiger partial charge in [0.15, 0.2) is 0 Å². The third-order valence-electron chi connectivity index (χ3n) is 3.37. The SMILES string of the molecule is Cc1cc(C)c(C#N)c(NCc2ccc(CCN)cc2)n1. The van der Waals surface area contributed by atoms with E-state index in [-0.39, 0.29) is 0 Å². The Morgan fingerprint density at radius 3 is 2.48 bits per heavy atom. The normalized spacial score (nSPS) is 10.2. The van der Waals surface area contributed by atoms with E-state index in [9.17, 15) is 5.26 Å². The predicted molar refractivity (Wildman–Crippen MR) is 85.0 cm³/mol. The van der Waals surface area contributed by atoms with E-state index < -0.39 is 0 Å². The summed E-state index contributed by atoms with van der Waals surface area (Å²) in [6, 6.07) is 12.5. The standard InChI is InChI=1S/C17H20N4/c1-12-9-13(2)21-17(16(12)10-19)20-11-15-5-3-14(4-6-15)7-8-18/h3-6,9H,7-8,11,18H2,1-2H3,(H,20,21). The van der Waals surface area contributed by atoms with E-state index in [1.165, 1.54) is 5.56 Å². The van der Waals surface area contributed by atoms with Crippen molar-refractivity contribution in [1.29, 1.82) is 5.26 Å². The molecule has 4 nitrogen and oxygen atoms in total. The van der Waals surface area contributed by atoms with E-state index in [1.807, 2.05) is 19.9 Å². The molecule has 0 saturated heterocycles. The fraction of sp³-hybridized carbons (Fsp3) is 0.294. The molecule has 0 aliphatic heterocycles. The molecule has 0 unspecified atom stereocenters. The van der Waals surface area contributed by atoms with Gasteiger partial charge in [0.2, 0.25) is 0 Å². The van der Waals surface area contributed by atoms with Crippen LogP contribution in [-0.4, -0.2) is 11.5 Å². The number of benzene rings is 1. The van der Waals surface area contributed by atoms with E-state index in [2.05, 4.69) is 40.6 Å². The van der Waals surface area contributed by atoms with Gasteiger partial charge >= 0.3 is 0 Å². The van der Waals surface area contributed by atoms with E-state index in [0.717, 1.165) is 23.2 Å². The molecule has 0 fully saturated rings. The fourth-order valence-electron chi connectivity index (χ4n) is 2.28. The Morgan fingerprint density at radius 2 is 1.86 bits per heavy atom. The van der Waals surface area contributed by atoms with Gasteiger partial charge in [-0.1, -0.05) is 24.3 Å². The highest BCUT2D eigenvalue weighted by Crippen LogP contribution is 2.18. The van der Waals surface area contributed by atoms with Crippen LogP contribution in [0, 0.1) is 25.2 Å². The molecule has 3 N–H and O–H groups in total. The van der Waals surface area contributed by atoms with E-state index in [0.29, 0.717) is 24.5 Å². The molecule has 1 aromatic carbocycles. The molecule has 0 radical (unpaired) electrons. The second kappa shape index (κ2) is 6.87. The van der Waals surface area contributed by atoms with Crippen LogP contribution in [0.1, 0.15) is 27.9 Å². The summed E-state index contributed by atoms with van der Waals surface area (Å²) in [7, 11) is 0. The van der Waals surface area contributed by atoms with Crippen molar-refractivity contribution in [3.05, 3.63) is 58.3 Å². The van der Waals surface area contributed by atoms with Crippen LogP contribution < -0.4 is 11.1 Å². The van der Waals surface area contributed by atoms with Crippen molar-refractivity contribution in [2.75, 3.05) is 11.9 Å².